The van der Waals surface area contributed by atoms with Crippen molar-refractivity contribution in [2.24, 2.45) is 5.92 Å². The Balaban J connectivity index is 1.47. The number of benzene rings is 1. The molecule has 4 heterocycles. The zero-order chi connectivity index (χ0) is 15.8. The lowest BCUT2D eigenvalue weighted by molar-refractivity contribution is -0.122. The first-order valence-corrected chi connectivity index (χ1v) is 8.95. The normalized spacial score (nSPS) is 26.4. The van der Waals surface area contributed by atoms with Crippen LogP contribution < -0.4 is 10.1 Å². The monoisotopic (exact) mass is 331 g/mol. The maximum absolute atomic E-state index is 12.5. The van der Waals surface area contributed by atoms with E-state index in [4.69, 9.17) is 4.74 Å². The standard InChI is InChI=1S/C17H21N3O2S/c1-22-15-4-2-3-12-13(19-23-17(12)15)9-16(21)18-14-10-20-7-5-11(14)6-8-20/h2-4,11,14H,5-10H2,1H3,(H,18,21). The number of carbonyl (C=O) groups is 1. The Morgan fingerprint density at radius 2 is 2.26 bits per heavy atom. The van der Waals surface area contributed by atoms with Crippen LogP contribution in [0.15, 0.2) is 18.2 Å². The minimum Gasteiger partial charge on any atom is -0.495 e. The molecule has 1 atom stereocenters. The lowest BCUT2D eigenvalue weighted by atomic mass is 9.84. The van der Waals surface area contributed by atoms with Crippen LogP contribution in [0, 0.1) is 5.92 Å². The van der Waals surface area contributed by atoms with E-state index in [0.29, 0.717) is 18.4 Å². The van der Waals surface area contributed by atoms with Gasteiger partial charge in [-0.1, -0.05) is 12.1 Å². The van der Waals surface area contributed by atoms with Crippen molar-refractivity contribution in [3.8, 4) is 5.75 Å². The number of fused-ring (bicyclic) bond motifs is 4. The number of nitrogens with zero attached hydrogens (tertiary/aromatic N) is 2. The van der Waals surface area contributed by atoms with Crippen LogP contribution in [-0.2, 0) is 11.2 Å². The van der Waals surface area contributed by atoms with Gasteiger partial charge in [0.2, 0.25) is 5.91 Å². The van der Waals surface area contributed by atoms with Gasteiger partial charge in [0.15, 0.2) is 0 Å². The highest BCUT2D eigenvalue weighted by atomic mass is 32.1. The molecule has 23 heavy (non-hydrogen) atoms. The zero-order valence-electron chi connectivity index (χ0n) is 13.2. The molecule has 3 saturated heterocycles. The second-order valence-electron chi connectivity index (χ2n) is 6.46. The number of methoxy groups -OCH3 is 1. The van der Waals surface area contributed by atoms with Crippen LogP contribution >= 0.6 is 11.5 Å². The second-order valence-corrected chi connectivity index (χ2v) is 7.23. The fourth-order valence-electron chi connectivity index (χ4n) is 3.81. The molecule has 3 aliphatic heterocycles. The molecule has 6 heteroatoms. The summed E-state index contributed by atoms with van der Waals surface area (Å²) in [6, 6.07) is 6.20. The van der Waals surface area contributed by atoms with Gasteiger partial charge in [0.1, 0.15) is 5.75 Å². The number of aromatic nitrogens is 1. The van der Waals surface area contributed by atoms with E-state index in [0.717, 1.165) is 28.1 Å². The summed E-state index contributed by atoms with van der Waals surface area (Å²) < 4.78 is 10.9. The molecule has 2 bridgehead atoms. The van der Waals surface area contributed by atoms with E-state index < -0.39 is 0 Å². The van der Waals surface area contributed by atoms with E-state index in [1.165, 1.54) is 37.5 Å². The average Bonchev–Trinajstić information content (AvgIpc) is 2.99. The van der Waals surface area contributed by atoms with Crippen LogP contribution in [-0.4, -0.2) is 48.0 Å². The Morgan fingerprint density at radius 3 is 2.96 bits per heavy atom. The van der Waals surface area contributed by atoms with Gasteiger partial charge < -0.3 is 15.0 Å². The van der Waals surface area contributed by atoms with E-state index in [1.54, 1.807) is 7.11 Å². The molecule has 122 valence electrons. The number of carbonyl (C=O) groups excluding carboxylic acids is 1. The summed E-state index contributed by atoms with van der Waals surface area (Å²) >= 11 is 1.40. The molecule has 0 saturated carbocycles. The fourth-order valence-corrected chi connectivity index (χ4v) is 4.70. The van der Waals surface area contributed by atoms with Crippen molar-refractivity contribution in [3.63, 3.8) is 0 Å². The van der Waals surface area contributed by atoms with E-state index in [2.05, 4.69) is 14.6 Å². The predicted molar refractivity (Wildman–Crippen MR) is 91.0 cm³/mol. The highest BCUT2D eigenvalue weighted by Crippen LogP contribution is 2.32. The third kappa shape index (κ3) is 2.81. The second kappa shape index (κ2) is 6.09. The van der Waals surface area contributed by atoms with Gasteiger partial charge in [-0.15, -0.1) is 0 Å². The molecular formula is C17H21N3O2S. The summed E-state index contributed by atoms with van der Waals surface area (Å²) in [4.78, 5) is 14.9. The molecule has 1 unspecified atom stereocenters. The molecule has 1 aromatic carbocycles. The Kier molecular flexibility index (Phi) is 3.95. The van der Waals surface area contributed by atoms with Crippen molar-refractivity contribution >= 4 is 27.5 Å². The topological polar surface area (TPSA) is 54.5 Å². The van der Waals surface area contributed by atoms with Crippen molar-refractivity contribution in [1.29, 1.82) is 0 Å². The summed E-state index contributed by atoms with van der Waals surface area (Å²) in [5, 5.41) is 4.26. The van der Waals surface area contributed by atoms with Crippen molar-refractivity contribution in [2.75, 3.05) is 26.7 Å². The number of hydrogen-bond acceptors (Lipinski definition) is 5. The van der Waals surface area contributed by atoms with Gasteiger partial charge in [-0.3, -0.25) is 4.79 Å². The molecule has 5 nitrogen and oxygen atoms in total. The first-order valence-electron chi connectivity index (χ1n) is 8.17. The molecule has 1 amide bonds. The molecule has 1 N–H and O–H groups in total. The zero-order valence-corrected chi connectivity index (χ0v) is 14.1. The molecule has 2 aromatic rings. The highest BCUT2D eigenvalue weighted by molar-refractivity contribution is 7.13. The Morgan fingerprint density at radius 1 is 1.43 bits per heavy atom. The SMILES string of the molecule is COc1cccc2c(CC(=O)NC3CN4CCC3CC4)nsc12. The summed E-state index contributed by atoms with van der Waals surface area (Å²) in [7, 11) is 1.66. The Labute approximate surface area is 139 Å². The molecule has 3 aliphatic rings. The quantitative estimate of drug-likeness (QED) is 0.932. The van der Waals surface area contributed by atoms with Gasteiger partial charge in [-0.25, -0.2) is 0 Å². The minimum atomic E-state index is 0.0822. The number of ether oxygens (including phenoxy) is 1. The highest BCUT2D eigenvalue weighted by Gasteiger charge is 2.34. The molecule has 0 spiro atoms. The van der Waals surface area contributed by atoms with Crippen molar-refractivity contribution < 1.29 is 9.53 Å². The molecule has 1 aromatic heterocycles. The van der Waals surface area contributed by atoms with Gasteiger partial charge in [0, 0.05) is 18.0 Å². The van der Waals surface area contributed by atoms with E-state index in [-0.39, 0.29) is 5.91 Å². The number of piperidine rings is 3. The van der Waals surface area contributed by atoms with Crippen LogP contribution in [0.5, 0.6) is 5.75 Å². The van der Waals surface area contributed by atoms with Crippen LogP contribution in [0.25, 0.3) is 10.1 Å². The van der Waals surface area contributed by atoms with E-state index in [1.807, 2.05) is 18.2 Å². The maximum Gasteiger partial charge on any atom is 0.226 e. The third-order valence-electron chi connectivity index (χ3n) is 5.09. The summed E-state index contributed by atoms with van der Waals surface area (Å²) in [6.45, 7) is 3.38. The van der Waals surface area contributed by atoms with Gasteiger partial charge in [-0.05, 0) is 49.4 Å². The van der Waals surface area contributed by atoms with Crippen LogP contribution in [0.1, 0.15) is 18.5 Å². The van der Waals surface area contributed by atoms with Gasteiger partial charge in [0.25, 0.3) is 0 Å². The maximum atomic E-state index is 12.5. The predicted octanol–water partition coefficient (Wildman–Crippen LogP) is 2.06. The fraction of sp³-hybridized carbons (Fsp3) is 0.529. The Bertz CT molecular complexity index is 722. The van der Waals surface area contributed by atoms with Crippen LogP contribution in [0.2, 0.25) is 0 Å². The molecule has 0 radical (unpaired) electrons. The number of amides is 1. The molecule has 3 fully saturated rings. The molecular weight excluding hydrogens is 310 g/mol. The summed E-state index contributed by atoms with van der Waals surface area (Å²) in [5.41, 5.74) is 0.850. The van der Waals surface area contributed by atoms with Crippen molar-refractivity contribution in [2.45, 2.75) is 25.3 Å². The first-order chi connectivity index (χ1) is 11.2. The largest absolute Gasteiger partial charge is 0.495 e. The number of rotatable bonds is 4. The van der Waals surface area contributed by atoms with Crippen LogP contribution in [0.3, 0.4) is 0 Å². The first kappa shape index (κ1) is 14.9. The summed E-state index contributed by atoms with van der Waals surface area (Å²) in [5.74, 6) is 1.55. The third-order valence-corrected chi connectivity index (χ3v) is 6.00. The molecule has 0 aliphatic carbocycles. The van der Waals surface area contributed by atoms with Crippen LogP contribution in [0.4, 0.5) is 0 Å². The minimum absolute atomic E-state index is 0.0822. The lowest BCUT2D eigenvalue weighted by Crippen LogP contribution is -2.57. The average molecular weight is 331 g/mol. The van der Waals surface area contributed by atoms with Crippen molar-refractivity contribution in [3.05, 3.63) is 23.9 Å². The Hall–Kier alpha value is -1.66. The van der Waals surface area contributed by atoms with Crippen molar-refractivity contribution in [1.82, 2.24) is 14.6 Å². The lowest BCUT2D eigenvalue weighted by Gasteiger charge is -2.44. The van der Waals surface area contributed by atoms with Gasteiger partial charge in [0.05, 0.1) is 23.9 Å². The van der Waals surface area contributed by atoms with Gasteiger partial charge >= 0.3 is 0 Å². The van der Waals surface area contributed by atoms with E-state index in [9.17, 15) is 4.79 Å². The smallest absolute Gasteiger partial charge is 0.226 e. The van der Waals surface area contributed by atoms with E-state index >= 15 is 0 Å². The number of hydrogen-bond donors (Lipinski definition) is 1. The van der Waals surface area contributed by atoms with Gasteiger partial charge in [-0.2, -0.15) is 4.37 Å². The molecule has 5 rings (SSSR count). The number of nitrogens with one attached hydrogen (secondary N) is 1. The summed E-state index contributed by atoms with van der Waals surface area (Å²) in [6.07, 6.45) is 2.76.